The first-order chi connectivity index (χ1) is 7.66. The quantitative estimate of drug-likeness (QED) is 0.656. The summed E-state index contributed by atoms with van der Waals surface area (Å²) in [5.74, 6) is 1.34. The van der Waals surface area contributed by atoms with Gasteiger partial charge in [0.25, 0.3) is 0 Å². The molecule has 2 bridgehead atoms. The summed E-state index contributed by atoms with van der Waals surface area (Å²) in [7, 11) is 0. The highest BCUT2D eigenvalue weighted by atomic mass is 16.3. The number of likely N-dealkylation sites (tertiary alicyclic amines) is 1. The standard InChI is InChI=1S/C12H20N2O2/c13-11-8-2-1-7(5-8)10(11)12(16)14-4-3-9(15)6-14/h7-11,15H,1-6,13H2/t7?,8?,9-,10?,11?/m0/s1. The molecule has 5 atom stereocenters. The van der Waals surface area contributed by atoms with E-state index < -0.39 is 0 Å². The van der Waals surface area contributed by atoms with E-state index in [1.165, 1.54) is 12.8 Å². The third-order valence-electron chi connectivity index (χ3n) is 4.74. The van der Waals surface area contributed by atoms with Crippen LogP contribution in [0.25, 0.3) is 0 Å². The molecule has 2 saturated carbocycles. The summed E-state index contributed by atoms with van der Waals surface area (Å²) in [6, 6.07) is 0.0731. The lowest BCUT2D eigenvalue weighted by Gasteiger charge is -2.30. The molecule has 0 spiro atoms. The summed E-state index contributed by atoms with van der Waals surface area (Å²) in [4.78, 5) is 14.1. The molecule has 2 aliphatic carbocycles. The lowest BCUT2D eigenvalue weighted by Crippen LogP contribution is -2.46. The Morgan fingerprint density at radius 1 is 1.25 bits per heavy atom. The van der Waals surface area contributed by atoms with Crippen LogP contribution in [0.5, 0.6) is 0 Å². The van der Waals surface area contributed by atoms with Gasteiger partial charge in [0.1, 0.15) is 0 Å². The molecule has 3 rings (SSSR count). The number of hydrogen-bond donors (Lipinski definition) is 2. The Morgan fingerprint density at radius 2 is 2.00 bits per heavy atom. The molecule has 16 heavy (non-hydrogen) atoms. The van der Waals surface area contributed by atoms with Crippen LogP contribution in [0, 0.1) is 17.8 Å². The van der Waals surface area contributed by atoms with Crippen molar-refractivity contribution in [1.29, 1.82) is 0 Å². The Labute approximate surface area is 95.8 Å². The van der Waals surface area contributed by atoms with E-state index in [0.717, 1.165) is 12.8 Å². The third-order valence-corrected chi connectivity index (χ3v) is 4.74. The van der Waals surface area contributed by atoms with Gasteiger partial charge in [-0.3, -0.25) is 4.79 Å². The minimum atomic E-state index is -0.321. The molecule has 0 aromatic carbocycles. The van der Waals surface area contributed by atoms with Gasteiger partial charge in [-0.25, -0.2) is 0 Å². The minimum Gasteiger partial charge on any atom is -0.391 e. The zero-order valence-electron chi connectivity index (χ0n) is 9.51. The number of fused-ring (bicyclic) bond motifs is 2. The summed E-state index contributed by atoms with van der Waals surface area (Å²) >= 11 is 0. The van der Waals surface area contributed by atoms with Crippen molar-refractivity contribution in [2.45, 2.75) is 37.8 Å². The molecule has 90 valence electrons. The molecule has 3 aliphatic rings. The number of nitrogens with zero attached hydrogens (tertiary/aromatic N) is 1. The fourth-order valence-corrected chi connectivity index (χ4v) is 3.86. The maximum absolute atomic E-state index is 12.3. The fraction of sp³-hybridized carbons (Fsp3) is 0.917. The average Bonchev–Trinajstić information content (AvgIpc) is 2.92. The predicted octanol–water partition coefficient (Wildman–Crippen LogP) is -0.0470. The van der Waals surface area contributed by atoms with Crippen molar-refractivity contribution >= 4 is 5.91 Å². The van der Waals surface area contributed by atoms with Gasteiger partial charge in [0.2, 0.25) is 5.91 Å². The van der Waals surface area contributed by atoms with E-state index in [1.807, 2.05) is 4.90 Å². The van der Waals surface area contributed by atoms with Crippen LogP contribution in [0.1, 0.15) is 25.7 Å². The van der Waals surface area contributed by atoms with Crippen LogP contribution in [0.3, 0.4) is 0 Å². The van der Waals surface area contributed by atoms with Crippen LogP contribution in [-0.2, 0) is 4.79 Å². The highest BCUT2D eigenvalue weighted by Gasteiger charge is 2.50. The molecule has 3 N–H and O–H groups in total. The van der Waals surface area contributed by atoms with Crippen LogP contribution in [0.15, 0.2) is 0 Å². The van der Waals surface area contributed by atoms with Gasteiger partial charge in [0.05, 0.1) is 12.0 Å². The number of carbonyl (C=O) groups is 1. The summed E-state index contributed by atoms with van der Waals surface area (Å²) in [6.45, 7) is 1.22. The van der Waals surface area contributed by atoms with Crippen LogP contribution < -0.4 is 5.73 Å². The SMILES string of the molecule is NC1C2CCC(C2)C1C(=O)N1CC[C@H](O)C1. The highest BCUT2D eigenvalue weighted by molar-refractivity contribution is 5.81. The minimum absolute atomic E-state index is 0.0454. The molecule has 4 heteroatoms. The first kappa shape index (κ1) is 10.5. The number of aliphatic hydroxyl groups excluding tert-OH is 1. The smallest absolute Gasteiger partial charge is 0.227 e. The number of hydrogen-bond acceptors (Lipinski definition) is 3. The highest BCUT2D eigenvalue weighted by Crippen LogP contribution is 2.48. The topological polar surface area (TPSA) is 66.6 Å². The average molecular weight is 224 g/mol. The first-order valence-corrected chi connectivity index (χ1v) is 6.39. The molecule has 1 amide bonds. The second-order valence-electron chi connectivity index (χ2n) is 5.66. The third kappa shape index (κ3) is 1.47. The van der Waals surface area contributed by atoms with Crippen molar-refractivity contribution < 1.29 is 9.90 Å². The normalized spacial score (nSPS) is 46.6. The van der Waals surface area contributed by atoms with E-state index in [-0.39, 0.29) is 24.0 Å². The number of rotatable bonds is 1. The fourth-order valence-electron chi connectivity index (χ4n) is 3.86. The van der Waals surface area contributed by atoms with Crippen LogP contribution in [0.2, 0.25) is 0 Å². The lowest BCUT2D eigenvalue weighted by atomic mass is 9.84. The number of amides is 1. The second-order valence-corrected chi connectivity index (χ2v) is 5.66. The molecule has 3 fully saturated rings. The van der Waals surface area contributed by atoms with Crippen molar-refractivity contribution in [3.63, 3.8) is 0 Å². The van der Waals surface area contributed by atoms with Gasteiger partial charge in [-0.15, -0.1) is 0 Å². The molecule has 1 heterocycles. The summed E-state index contributed by atoms with van der Waals surface area (Å²) < 4.78 is 0. The first-order valence-electron chi connectivity index (χ1n) is 6.39. The molecule has 0 radical (unpaired) electrons. The molecular formula is C12H20N2O2. The van der Waals surface area contributed by atoms with E-state index in [0.29, 0.717) is 24.9 Å². The van der Waals surface area contributed by atoms with Crippen molar-refractivity contribution in [1.82, 2.24) is 4.90 Å². The Bertz CT molecular complexity index is 305. The largest absolute Gasteiger partial charge is 0.391 e. The van der Waals surface area contributed by atoms with Crippen LogP contribution >= 0.6 is 0 Å². The zero-order valence-corrected chi connectivity index (χ0v) is 9.51. The van der Waals surface area contributed by atoms with Gasteiger partial charge < -0.3 is 15.7 Å². The molecular weight excluding hydrogens is 204 g/mol. The van der Waals surface area contributed by atoms with Crippen molar-refractivity contribution in [3.8, 4) is 0 Å². The van der Waals surface area contributed by atoms with Gasteiger partial charge in [-0.05, 0) is 37.5 Å². The molecule has 1 aliphatic heterocycles. The molecule has 1 saturated heterocycles. The molecule has 4 nitrogen and oxygen atoms in total. The van der Waals surface area contributed by atoms with Gasteiger partial charge in [0.15, 0.2) is 0 Å². The Kier molecular flexibility index (Phi) is 2.44. The lowest BCUT2D eigenvalue weighted by molar-refractivity contribution is -0.137. The monoisotopic (exact) mass is 224 g/mol. The Morgan fingerprint density at radius 3 is 2.56 bits per heavy atom. The van der Waals surface area contributed by atoms with E-state index in [4.69, 9.17) is 5.73 Å². The summed E-state index contributed by atoms with van der Waals surface area (Å²) in [6.07, 6.45) is 3.93. The Balaban J connectivity index is 1.71. The van der Waals surface area contributed by atoms with Crippen molar-refractivity contribution in [2.75, 3.05) is 13.1 Å². The van der Waals surface area contributed by atoms with Crippen LogP contribution in [0.4, 0.5) is 0 Å². The van der Waals surface area contributed by atoms with Gasteiger partial charge in [-0.1, -0.05) is 0 Å². The predicted molar refractivity (Wildman–Crippen MR) is 59.5 cm³/mol. The second kappa shape index (κ2) is 3.70. The van der Waals surface area contributed by atoms with Crippen molar-refractivity contribution in [2.24, 2.45) is 23.5 Å². The number of β-amino-alcohol motifs (C(OH)–C–C–N with tert-alkyl or cyclic N) is 1. The Hall–Kier alpha value is -0.610. The summed E-state index contributed by atoms with van der Waals surface area (Å²) in [5, 5.41) is 9.46. The summed E-state index contributed by atoms with van der Waals surface area (Å²) in [5.41, 5.74) is 6.16. The van der Waals surface area contributed by atoms with Gasteiger partial charge in [-0.2, -0.15) is 0 Å². The molecule has 0 aromatic heterocycles. The zero-order chi connectivity index (χ0) is 11.3. The van der Waals surface area contributed by atoms with E-state index >= 15 is 0 Å². The number of nitrogens with two attached hydrogens (primary N) is 1. The van der Waals surface area contributed by atoms with E-state index in [1.54, 1.807) is 0 Å². The van der Waals surface area contributed by atoms with Gasteiger partial charge in [0, 0.05) is 19.1 Å². The molecule has 4 unspecified atom stereocenters. The number of aliphatic hydroxyl groups is 1. The number of carbonyl (C=O) groups excluding carboxylic acids is 1. The van der Waals surface area contributed by atoms with Crippen molar-refractivity contribution in [3.05, 3.63) is 0 Å². The maximum Gasteiger partial charge on any atom is 0.227 e. The van der Waals surface area contributed by atoms with Crippen LogP contribution in [-0.4, -0.2) is 41.1 Å². The van der Waals surface area contributed by atoms with E-state index in [2.05, 4.69) is 0 Å². The van der Waals surface area contributed by atoms with E-state index in [9.17, 15) is 9.90 Å². The molecule has 0 aromatic rings. The maximum atomic E-state index is 12.3. The van der Waals surface area contributed by atoms with Gasteiger partial charge >= 0.3 is 0 Å².